The molecule has 0 fully saturated rings. The van der Waals surface area contributed by atoms with Gasteiger partial charge in [-0.25, -0.2) is 4.98 Å². The Labute approximate surface area is 157 Å². The SMILES string of the molecule is CC(C)(C)Nc1c(CCc2ccc(C(C)(C)C)cc2)nc2ccccn12. The summed E-state index contributed by atoms with van der Waals surface area (Å²) in [5.41, 5.74) is 5.06. The van der Waals surface area contributed by atoms with Gasteiger partial charge in [-0.3, -0.25) is 4.40 Å². The Kier molecular flexibility index (Phi) is 4.83. The summed E-state index contributed by atoms with van der Waals surface area (Å²) < 4.78 is 2.16. The van der Waals surface area contributed by atoms with Gasteiger partial charge in [0.1, 0.15) is 11.5 Å². The van der Waals surface area contributed by atoms with E-state index in [0.29, 0.717) is 0 Å². The maximum Gasteiger partial charge on any atom is 0.138 e. The molecule has 0 unspecified atom stereocenters. The van der Waals surface area contributed by atoms with E-state index in [2.05, 4.69) is 93.9 Å². The normalized spacial score (nSPS) is 12.5. The molecule has 0 aliphatic carbocycles. The van der Waals surface area contributed by atoms with E-state index in [1.54, 1.807) is 0 Å². The summed E-state index contributed by atoms with van der Waals surface area (Å²) in [5, 5.41) is 3.64. The van der Waals surface area contributed by atoms with Crippen molar-refractivity contribution < 1.29 is 0 Å². The Morgan fingerprint density at radius 3 is 2.19 bits per heavy atom. The summed E-state index contributed by atoms with van der Waals surface area (Å²) in [6, 6.07) is 15.2. The predicted octanol–water partition coefficient (Wildman–Crippen LogP) is 5.63. The number of fused-ring (bicyclic) bond motifs is 1. The molecular weight excluding hydrogens is 318 g/mol. The zero-order valence-corrected chi connectivity index (χ0v) is 16.9. The highest BCUT2D eigenvalue weighted by Gasteiger charge is 2.18. The minimum absolute atomic E-state index is 0.00505. The lowest BCUT2D eigenvalue weighted by Crippen LogP contribution is -2.27. The lowest BCUT2D eigenvalue weighted by atomic mass is 9.86. The predicted molar refractivity (Wildman–Crippen MR) is 111 cm³/mol. The maximum atomic E-state index is 4.87. The van der Waals surface area contributed by atoms with Crippen LogP contribution in [0.2, 0.25) is 0 Å². The molecule has 3 aromatic rings. The smallest absolute Gasteiger partial charge is 0.138 e. The number of aryl methyl sites for hydroxylation is 2. The molecule has 1 aromatic carbocycles. The van der Waals surface area contributed by atoms with Crippen LogP contribution in [-0.4, -0.2) is 14.9 Å². The first kappa shape index (κ1) is 18.5. The van der Waals surface area contributed by atoms with Crippen molar-refractivity contribution in [3.8, 4) is 0 Å². The second-order valence-electron chi connectivity index (χ2n) is 9.16. The Balaban J connectivity index is 1.83. The molecule has 0 aliphatic rings. The molecule has 0 aliphatic heterocycles. The quantitative estimate of drug-likeness (QED) is 0.661. The van der Waals surface area contributed by atoms with Crippen LogP contribution in [0.15, 0.2) is 48.7 Å². The Morgan fingerprint density at radius 1 is 0.885 bits per heavy atom. The third-order valence-corrected chi connectivity index (χ3v) is 4.57. The molecule has 0 bridgehead atoms. The van der Waals surface area contributed by atoms with Crippen LogP contribution < -0.4 is 5.32 Å². The number of pyridine rings is 1. The van der Waals surface area contributed by atoms with E-state index in [-0.39, 0.29) is 11.0 Å². The van der Waals surface area contributed by atoms with Crippen LogP contribution in [0.4, 0.5) is 5.82 Å². The number of nitrogens with one attached hydrogen (secondary N) is 1. The van der Waals surface area contributed by atoms with E-state index in [0.717, 1.165) is 30.0 Å². The lowest BCUT2D eigenvalue weighted by Gasteiger charge is -2.22. The number of rotatable bonds is 4. The number of anilines is 1. The van der Waals surface area contributed by atoms with Gasteiger partial charge in [0.25, 0.3) is 0 Å². The van der Waals surface area contributed by atoms with Gasteiger partial charge in [-0.15, -0.1) is 0 Å². The molecular formula is C23H31N3. The van der Waals surface area contributed by atoms with E-state index in [1.165, 1.54) is 11.1 Å². The summed E-state index contributed by atoms with van der Waals surface area (Å²) in [7, 11) is 0. The van der Waals surface area contributed by atoms with Crippen LogP contribution in [-0.2, 0) is 18.3 Å². The molecule has 2 heterocycles. The van der Waals surface area contributed by atoms with Crippen molar-refractivity contribution >= 4 is 11.5 Å². The van der Waals surface area contributed by atoms with Gasteiger partial charge in [-0.2, -0.15) is 0 Å². The van der Waals surface area contributed by atoms with Gasteiger partial charge in [0.2, 0.25) is 0 Å². The zero-order valence-electron chi connectivity index (χ0n) is 16.9. The van der Waals surface area contributed by atoms with E-state index < -0.39 is 0 Å². The van der Waals surface area contributed by atoms with Crippen LogP contribution in [0, 0.1) is 0 Å². The first-order valence-corrected chi connectivity index (χ1v) is 9.47. The van der Waals surface area contributed by atoms with Gasteiger partial charge in [0.05, 0.1) is 5.69 Å². The van der Waals surface area contributed by atoms with Crippen molar-refractivity contribution in [2.75, 3.05) is 5.32 Å². The molecule has 26 heavy (non-hydrogen) atoms. The molecule has 138 valence electrons. The van der Waals surface area contributed by atoms with Crippen molar-refractivity contribution in [3.63, 3.8) is 0 Å². The third-order valence-electron chi connectivity index (χ3n) is 4.57. The standard InChI is InChI=1S/C23H31N3/c1-22(2,3)18-13-10-17(11-14-18)12-15-19-21(25-23(4,5)6)26-16-8-7-9-20(26)24-19/h7-11,13-14,16,25H,12,15H2,1-6H3. The summed E-state index contributed by atoms with van der Waals surface area (Å²) in [6.45, 7) is 13.3. The van der Waals surface area contributed by atoms with Crippen molar-refractivity contribution in [2.45, 2.75) is 65.3 Å². The topological polar surface area (TPSA) is 29.3 Å². The van der Waals surface area contributed by atoms with Crippen molar-refractivity contribution in [2.24, 2.45) is 0 Å². The van der Waals surface area contributed by atoms with Gasteiger partial charge in [0.15, 0.2) is 0 Å². The second-order valence-corrected chi connectivity index (χ2v) is 9.16. The number of aromatic nitrogens is 2. The minimum atomic E-state index is -0.00505. The molecule has 3 rings (SSSR count). The highest BCUT2D eigenvalue weighted by Crippen LogP contribution is 2.25. The second kappa shape index (κ2) is 6.79. The monoisotopic (exact) mass is 349 g/mol. The Hall–Kier alpha value is -2.29. The largest absolute Gasteiger partial charge is 0.365 e. The molecule has 0 saturated carbocycles. The lowest BCUT2D eigenvalue weighted by molar-refractivity contribution is 0.590. The first-order chi connectivity index (χ1) is 12.1. The fraction of sp³-hybridized carbons (Fsp3) is 0.435. The van der Waals surface area contributed by atoms with Gasteiger partial charge in [0, 0.05) is 11.7 Å². The fourth-order valence-corrected chi connectivity index (χ4v) is 3.14. The Bertz CT molecular complexity index is 874. The molecule has 0 atom stereocenters. The van der Waals surface area contributed by atoms with Crippen LogP contribution in [0.3, 0.4) is 0 Å². The molecule has 3 nitrogen and oxygen atoms in total. The third kappa shape index (κ3) is 4.27. The molecule has 3 heteroatoms. The molecule has 0 radical (unpaired) electrons. The fourth-order valence-electron chi connectivity index (χ4n) is 3.14. The van der Waals surface area contributed by atoms with Crippen molar-refractivity contribution in [1.29, 1.82) is 0 Å². The van der Waals surface area contributed by atoms with Gasteiger partial charge >= 0.3 is 0 Å². The average Bonchev–Trinajstić information content (AvgIpc) is 2.89. The van der Waals surface area contributed by atoms with E-state index in [1.807, 2.05) is 6.07 Å². The number of hydrogen-bond donors (Lipinski definition) is 1. The molecule has 0 amide bonds. The highest BCUT2D eigenvalue weighted by atomic mass is 15.2. The van der Waals surface area contributed by atoms with E-state index in [9.17, 15) is 0 Å². The number of hydrogen-bond acceptors (Lipinski definition) is 2. The number of imidazole rings is 1. The minimum Gasteiger partial charge on any atom is -0.365 e. The summed E-state index contributed by atoms with van der Waals surface area (Å²) in [4.78, 5) is 4.87. The Morgan fingerprint density at radius 2 is 1.58 bits per heavy atom. The van der Waals surface area contributed by atoms with E-state index >= 15 is 0 Å². The first-order valence-electron chi connectivity index (χ1n) is 9.47. The summed E-state index contributed by atoms with van der Waals surface area (Å²) in [6.07, 6.45) is 4.00. The number of nitrogens with zero attached hydrogens (tertiary/aromatic N) is 2. The molecule has 1 N–H and O–H groups in total. The van der Waals surface area contributed by atoms with Crippen LogP contribution in [0.25, 0.3) is 5.65 Å². The van der Waals surface area contributed by atoms with Crippen LogP contribution in [0.5, 0.6) is 0 Å². The van der Waals surface area contributed by atoms with Gasteiger partial charge < -0.3 is 5.32 Å². The van der Waals surface area contributed by atoms with E-state index in [4.69, 9.17) is 4.98 Å². The van der Waals surface area contributed by atoms with Crippen molar-refractivity contribution in [1.82, 2.24) is 9.38 Å². The maximum absolute atomic E-state index is 4.87. The van der Waals surface area contributed by atoms with Crippen LogP contribution in [0.1, 0.15) is 58.4 Å². The van der Waals surface area contributed by atoms with Crippen LogP contribution >= 0.6 is 0 Å². The molecule has 2 aromatic heterocycles. The molecule has 0 saturated heterocycles. The summed E-state index contributed by atoms with van der Waals surface area (Å²) >= 11 is 0. The van der Waals surface area contributed by atoms with Gasteiger partial charge in [-0.05, 0) is 62.3 Å². The number of benzene rings is 1. The average molecular weight is 350 g/mol. The zero-order chi connectivity index (χ0) is 18.9. The highest BCUT2D eigenvalue weighted by molar-refractivity contribution is 5.56. The van der Waals surface area contributed by atoms with Crippen molar-refractivity contribution in [3.05, 3.63) is 65.5 Å². The molecule has 0 spiro atoms. The summed E-state index contributed by atoms with van der Waals surface area (Å²) in [5.74, 6) is 1.11. The van der Waals surface area contributed by atoms with Gasteiger partial charge in [-0.1, -0.05) is 51.1 Å².